The Labute approximate surface area is 101 Å². The summed E-state index contributed by atoms with van der Waals surface area (Å²) in [6.45, 7) is 2.06. The fourth-order valence-electron chi connectivity index (χ4n) is 2.19. The number of nitriles is 1. The van der Waals surface area contributed by atoms with E-state index in [0.29, 0.717) is 0 Å². The van der Waals surface area contributed by atoms with Crippen LogP contribution in [0, 0.1) is 11.3 Å². The normalized spacial score (nSPS) is 19.0. The van der Waals surface area contributed by atoms with E-state index >= 15 is 0 Å². The summed E-state index contributed by atoms with van der Waals surface area (Å²) in [7, 11) is 0. The minimum absolute atomic E-state index is 0.113. The van der Waals surface area contributed by atoms with E-state index in [1.165, 1.54) is 19.3 Å². The topological polar surface area (TPSA) is 27.0 Å². The maximum Gasteiger partial charge on any atom is 0.123 e. The number of benzene rings is 1. The Balaban J connectivity index is 2.15. The molecule has 1 heterocycles. The van der Waals surface area contributed by atoms with Gasteiger partial charge in [-0.1, -0.05) is 30.2 Å². The van der Waals surface area contributed by atoms with Crippen molar-refractivity contribution in [2.45, 2.75) is 25.3 Å². The summed E-state index contributed by atoms with van der Waals surface area (Å²) >= 11 is 5.85. The van der Waals surface area contributed by atoms with Gasteiger partial charge in [0.25, 0.3) is 0 Å². The molecule has 1 fully saturated rings. The van der Waals surface area contributed by atoms with Crippen LogP contribution in [0.4, 0.5) is 0 Å². The molecule has 0 aromatic heterocycles. The zero-order valence-electron chi connectivity index (χ0n) is 9.19. The maximum absolute atomic E-state index is 9.28. The lowest BCUT2D eigenvalue weighted by Crippen LogP contribution is -2.33. The van der Waals surface area contributed by atoms with Gasteiger partial charge in [0, 0.05) is 5.02 Å². The number of hydrogen-bond donors (Lipinski definition) is 0. The van der Waals surface area contributed by atoms with E-state index < -0.39 is 0 Å². The molecular formula is C13H15ClN2. The van der Waals surface area contributed by atoms with Crippen molar-refractivity contribution >= 4 is 11.6 Å². The molecule has 0 N–H and O–H groups in total. The molecule has 16 heavy (non-hydrogen) atoms. The molecule has 0 aliphatic carbocycles. The van der Waals surface area contributed by atoms with Crippen molar-refractivity contribution in [1.82, 2.24) is 4.90 Å². The Kier molecular flexibility index (Phi) is 3.82. The molecule has 0 bridgehead atoms. The molecular weight excluding hydrogens is 220 g/mol. The summed E-state index contributed by atoms with van der Waals surface area (Å²) in [5.74, 6) is 0. The lowest BCUT2D eigenvalue weighted by atomic mass is 10.0. The summed E-state index contributed by atoms with van der Waals surface area (Å²) in [6.07, 6.45) is 3.69. The predicted octanol–water partition coefficient (Wildman–Crippen LogP) is 3.39. The Morgan fingerprint density at radius 3 is 2.31 bits per heavy atom. The second-order valence-electron chi connectivity index (χ2n) is 4.18. The number of halogens is 1. The van der Waals surface area contributed by atoms with Crippen LogP contribution in [0.15, 0.2) is 24.3 Å². The van der Waals surface area contributed by atoms with E-state index in [1.807, 2.05) is 24.3 Å². The van der Waals surface area contributed by atoms with Gasteiger partial charge < -0.3 is 0 Å². The highest BCUT2D eigenvalue weighted by molar-refractivity contribution is 6.30. The fourth-order valence-corrected chi connectivity index (χ4v) is 2.31. The van der Waals surface area contributed by atoms with Crippen molar-refractivity contribution in [3.05, 3.63) is 34.9 Å². The van der Waals surface area contributed by atoms with E-state index in [-0.39, 0.29) is 6.04 Å². The summed E-state index contributed by atoms with van der Waals surface area (Å²) in [5.41, 5.74) is 1.05. The number of likely N-dealkylation sites (tertiary alicyclic amines) is 1. The zero-order valence-corrected chi connectivity index (χ0v) is 9.95. The van der Waals surface area contributed by atoms with Crippen LogP contribution >= 0.6 is 11.6 Å². The van der Waals surface area contributed by atoms with Crippen molar-refractivity contribution < 1.29 is 0 Å². The number of nitrogens with zero attached hydrogens (tertiary/aromatic N) is 2. The Morgan fingerprint density at radius 1 is 1.12 bits per heavy atom. The first kappa shape index (κ1) is 11.4. The molecule has 1 atom stereocenters. The van der Waals surface area contributed by atoms with E-state index in [0.717, 1.165) is 23.7 Å². The number of hydrogen-bond acceptors (Lipinski definition) is 2. The van der Waals surface area contributed by atoms with Gasteiger partial charge in [0.05, 0.1) is 6.07 Å². The van der Waals surface area contributed by atoms with E-state index in [2.05, 4.69) is 11.0 Å². The lowest BCUT2D eigenvalue weighted by Gasteiger charge is -2.30. The molecule has 0 spiro atoms. The molecule has 0 radical (unpaired) electrons. The van der Waals surface area contributed by atoms with Gasteiger partial charge in [-0.05, 0) is 43.6 Å². The number of rotatable bonds is 2. The van der Waals surface area contributed by atoms with Crippen molar-refractivity contribution in [3.63, 3.8) is 0 Å². The standard InChI is InChI=1S/C13H15ClN2/c14-12-6-4-11(5-7-12)13(10-15)16-8-2-1-3-9-16/h4-7,13H,1-3,8-9H2. The first-order valence-electron chi connectivity index (χ1n) is 5.70. The average molecular weight is 235 g/mol. The third-order valence-corrected chi connectivity index (χ3v) is 3.32. The van der Waals surface area contributed by atoms with Crippen LogP contribution in [-0.2, 0) is 0 Å². The Morgan fingerprint density at radius 2 is 1.75 bits per heavy atom. The van der Waals surface area contributed by atoms with Gasteiger partial charge in [-0.3, -0.25) is 4.90 Å². The highest BCUT2D eigenvalue weighted by Gasteiger charge is 2.21. The highest BCUT2D eigenvalue weighted by Crippen LogP contribution is 2.24. The van der Waals surface area contributed by atoms with Gasteiger partial charge >= 0.3 is 0 Å². The van der Waals surface area contributed by atoms with Crippen LogP contribution in [0.25, 0.3) is 0 Å². The molecule has 84 valence electrons. The van der Waals surface area contributed by atoms with E-state index in [4.69, 9.17) is 11.6 Å². The minimum atomic E-state index is -0.113. The molecule has 1 unspecified atom stereocenters. The quantitative estimate of drug-likeness (QED) is 0.784. The van der Waals surface area contributed by atoms with Crippen LogP contribution in [0.5, 0.6) is 0 Å². The third-order valence-electron chi connectivity index (χ3n) is 3.06. The lowest BCUT2D eigenvalue weighted by molar-refractivity contribution is 0.196. The monoisotopic (exact) mass is 234 g/mol. The molecule has 1 saturated heterocycles. The van der Waals surface area contributed by atoms with Crippen molar-refractivity contribution in [2.24, 2.45) is 0 Å². The first-order chi connectivity index (χ1) is 7.81. The average Bonchev–Trinajstić information content (AvgIpc) is 2.34. The summed E-state index contributed by atoms with van der Waals surface area (Å²) < 4.78 is 0. The smallest absolute Gasteiger partial charge is 0.123 e. The summed E-state index contributed by atoms with van der Waals surface area (Å²) in [4.78, 5) is 2.26. The Bertz CT molecular complexity index is 374. The van der Waals surface area contributed by atoms with Gasteiger partial charge in [-0.2, -0.15) is 5.26 Å². The Hall–Kier alpha value is -1.04. The van der Waals surface area contributed by atoms with Crippen LogP contribution in [-0.4, -0.2) is 18.0 Å². The molecule has 2 nitrogen and oxygen atoms in total. The molecule has 0 amide bonds. The molecule has 1 aromatic rings. The van der Waals surface area contributed by atoms with Crippen LogP contribution in [0.2, 0.25) is 5.02 Å². The molecule has 1 aliphatic rings. The first-order valence-corrected chi connectivity index (χ1v) is 6.08. The van der Waals surface area contributed by atoms with Crippen molar-refractivity contribution in [3.8, 4) is 6.07 Å². The van der Waals surface area contributed by atoms with Crippen molar-refractivity contribution in [2.75, 3.05) is 13.1 Å². The summed E-state index contributed by atoms with van der Waals surface area (Å²) in [5, 5.41) is 10.00. The number of piperidine rings is 1. The second kappa shape index (κ2) is 5.34. The minimum Gasteiger partial charge on any atom is -0.284 e. The largest absolute Gasteiger partial charge is 0.284 e. The van der Waals surface area contributed by atoms with Crippen molar-refractivity contribution in [1.29, 1.82) is 5.26 Å². The van der Waals surface area contributed by atoms with Gasteiger partial charge in [-0.25, -0.2) is 0 Å². The maximum atomic E-state index is 9.28. The fraction of sp³-hybridized carbons (Fsp3) is 0.462. The molecule has 2 rings (SSSR count). The molecule has 3 heteroatoms. The zero-order chi connectivity index (χ0) is 11.4. The molecule has 1 aliphatic heterocycles. The highest BCUT2D eigenvalue weighted by atomic mass is 35.5. The third kappa shape index (κ3) is 2.55. The van der Waals surface area contributed by atoms with Crippen LogP contribution in [0.1, 0.15) is 30.9 Å². The predicted molar refractivity (Wildman–Crippen MR) is 65.2 cm³/mol. The SMILES string of the molecule is N#CC(c1ccc(Cl)cc1)N1CCCCC1. The van der Waals surface area contributed by atoms with E-state index in [9.17, 15) is 5.26 Å². The van der Waals surface area contributed by atoms with E-state index in [1.54, 1.807) is 0 Å². The summed E-state index contributed by atoms with van der Waals surface area (Å²) in [6, 6.07) is 9.88. The van der Waals surface area contributed by atoms with Crippen LogP contribution < -0.4 is 0 Å². The van der Waals surface area contributed by atoms with Gasteiger partial charge in [0.15, 0.2) is 0 Å². The van der Waals surface area contributed by atoms with Crippen LogP contribution in [0.3, 0.4) is 0 Å². The van der Waals surface area contributed by atoms with Gasteiger partial charge in [0.1, 0.15) is 6.04 Å². The second-order valence-corrected chi connectivity index (χ2v) is 4.62. The van der Waals surface area contributed by atoms with Gasteiger partial charge in [-0.15, -0.1) is 0 Å². The molecule has 0 saturated carbocycles. The molecule has 1 aromatic carbocycles. The van der Waals surface area contributed by atoms with Gasteiger partial charge in [0.2, 0.25) is 0 Å².